The first kappa shape index (κ1) is 16.5. The summed E-state index contributed by atoms with van der Waals surface area (Å²) in [4.78, 5) is 15.8. The Morgan fingerprint density at radius 1 is 1.05 bits per heavy atom. The summed E-state index contributed by atoms with van der Waals surface area (Å²) in [5.41, 5.74) is 7.77. The lowest BCUT2D eigenvalue weighted by atomic mass is 10.1. The lowest BCUT2D eigenvalue weighted by Gasteiger charge is -2.18. The van der Waals surface area contributed by atoms with Crippen molar-refractivity contribution < 1.29 is 4.79 Å². The molecule has 0 heterocycles. The van der Waals surface area contributed by atoms with Gasteiger partial charge in [0.05, 0.1) is 0 Å². The Morgan fingerprint density at radius 3 is 2.25 bits per heavy atom. The summed E-state index contributed by atoms with van der Waals surface area (Å²) in [5.74, 6) is 0.207. The topological polar surface area (TPSA) is 49.6 Å². The number of rotatable bonds is 8. The lowest BCUT2D eigenvalue weighted by Crippen LogP contribution is -2.25. The van der Waals surface area contributed by atoms with Crippen LogP contribution >= 0.6 is 0 Å². The van der Waals surface area contributed by atoms with E-state index in [0.29, 0.717) is 19.5 Å². The van der Waals surface area contributed by atoms with Gasteiger partial charge in [-0.3, -0.25) is 4.79 Å². The molecule has 4 nitrogen and oxygen atoms in total. The van der Waals surface area contributed by atoms with Gasteiger partial charge in [-0.25, -0.2) is 0 Å². The van der Waals surface area contributed by atoms with Crippen molar-refractivity contribution in [2.45, 2.75) is 32.2 Å². The van der Waals surface area contributed by atoms with Gasteiger partial charge in [-0.15, -0.1) is 0 Å². The Hall–Kier alpha value is -1.55. The molecule has 1 amide bonds. The van der Waals surface area contributed by atoms with Gasteiger partial charge in [-0.1, -0.05) is 18.6 Å². The van der Waals surface area contributed by atoms with Gasteiger partial charge in [0.15, 0.2) is 0 Å². The fraction of sp³-hybridized carbons (Fsp3) is 0.562. The molecule has 4 heteroatoms. The monoisotopic (exact) mass is 277 g/mol. The number of hydrogen-bond donors (Lipinski definition) is 1. The lowest BCUT2D eigenvalue weighted by molar-refractivity contribution is -0.130. The van der Waals surface area contributed by atoms with Crippen molar-refractivity contribution >= 4 is 11.6 Å². The van der Waals surface area contributed by atoms with Crippen LogP contribution in [-0.2, 0) is 11.3 Å². The molecular weight excluding hydrogens is 250 g/mol. The molecule has 0 saturated carbocycles. The average Bonchev–Trinajstić information content (AvgIpc) is 2.44. The zero-order valence-corrected chi connectivity index (χ0v) is 12.9. The van der Waals surface area contributed by atoms with Crippen LogP contribution in [0, 0.1) is 0 Å². The molecule has 112 valence electrons. The van der Waals surface area contributed by atoms with Crippen LogP contribution < -0.4 is 10.6 Å². The smallest absolute Gasteiger partial charge is 0.222 e. The second-order valence-corrected chi connectivity index (χ2v) is 5.41. The number of nitrogens with two attached hydrogens (primary N) is 1. The number of anilines is 1. The SMILES string of the molecule is CN(Cc1ccc(N(C)C)cc1)C(=O)CCCCCN. The summed E-state index contributed by atoms with van der Waals surface area (Å²) in [6.07, 6.45) is 3.59. The molecule has 0 saturated heterocycles. The van der Waals surface area contributed by atoms with E-state index in [1.165, 1.54) is 5.69 Å². The van der Waals surface area contributed by atoms with Gasteiger partial charge >= 0.3 is 0 Å². The maximum atomic E-state index is 12.0. The van der Waals surface area contributed by atoms with Gasteiger partial charge in [-0.2, -0.15) is 0 Å². The van der Waals surface area contributed by atoms with Crippen LogP contribution in [0.2, 0.25) is 0 Å². The van der Waals surface area contributed by atoms with E-state index in [1.54, 1.807) is 4.90 Å². The summed E-state index contributed by atoms with van der Waals surface area (Å²) in [6.45, 7) is 1.38. The zero-order chi connectivity index (χ0) is 15.0. The molecule has 0 fully saturated rings. The molecule has 1 aromatic rings. The molecule has 0 aromatic heterocycles. The van der Waals surface area contributed by atoms with Crippen molar-refractivity contribution in [2.24, 2.45) is 5.73 Å². The van der Waals surface area contributed by atoms with Crippen molar-refractivity contribution in [1.82, 2.24) is 4.90 Å². The van der Waals surface area contributed by atoms with Crippen LogP contribution in [0.4, 0.5) is 5.69 Å². The number of unbranched alkanes of at least 4 members (excludes halogenated alkanes) is 2. The van der Waals surface area contributed by atoms with Gasteiger partial charge in [0.2, 0.25) is 5.91 Å². The Labute approximate surface area is 122 Å². The number of carbonyl (C=O) groups excluding carboxylic acids is 1. The van der Waals surface area contributed by atoms with Crippen LogP contribution in [0.3, 0.4) is 0 Å². The Bertz CT molecular complexity index is 401. The third-order valence-corrected chi connectivity index (χ3v) is 3.39. The standard InChI is InChI=1S/C16H27N3O/c1-18(2)15-10-8-14(9-11-15)13-19(3)16(20)7-5-4-6-12-17/h8-11H,4-7,12-13,17H2,1-3H3. The molecule has 2 N–H and O–H groups in total. The van der Waals surface area contributed by atoms with E-state index in [9.17, 15) is 4.79 Å². The average molecular weight is 277 g/mol. The van der Waals surface area contributed by atoms with E-state index in [-0.39, 0.29) is 5.91 Å². The van der Waals surface area contributed by atoms with Crippen LogP contribution in [0.25, 0.3) is 0 Å². The molecule has 0 aliphatic carbocycles. The van der Waals surface area contributed by atoms with Crippen LogP contribution in [0.15, 0.2) is 24.3 Å². The highest BCUT2D eigenvalue weighted by Gasteiger charge is 2.08. The second-order valence-electron chi connectivity index (χ2n) is 5.41. The normalized spacial score (nSPS) is 10.4. The van der Waals surface area contributed by atoms with Gasteiger partial charge in [0.1, 0.15) is 0 Å². The molecule has 0 aliphatic rings. The summed E-state index contributed by atoms with van der Waals surface area (Å²) < 4.78 is 0. The van der Waals surface area contributed by atoms with E-state index in [1.807, 2.05) is 21.1 Å². The third kappa shape index (κ3) is 5.61. The molecule has 1 rings (SSSR count). The fourth-order valence-electron chi connectivity index (χ4n) is 2.05. The summed E-state index contributed by atoms with van der Waals surface area (Å²) in [5, 5.41) is 0. The van der Waals surface area contributed by atoms with E-state index < -0.39 is 0 Å². The van der Waals surface area contributed by atoms with Crippen molar-refractivity contribution in [3.63, 3.8) is 0 Å². The van der Waals surface area contributed by atoms with Crippen molar-refractivity contribution in [3.05, 3.63) is 29.8 Å². The molecule has 0 unspecified atom stereocenters. The van der Waals surface area contributed by atoms with E-state index in [0.717, 1.165) is 24.8 Å². The first-order valence-electron chi connectivity index (χ1n) is 7.25. The van der Waals surface area contributed by atoms with Crippen LogP contribution in [-0.4, -0.2) is 38.5 Å². The second kappa shape index (κ2) is 8.59. The summed E-state index contributed by atoms with van der Waals surface area (Å²) in [7, 11) is 5.91. The minimum Gasteiger partial charge on any atom is -0.378 e. The first-order valence-corrected chi connectivity index (χ1v) is 7.25. The minimum atomic E-state index is 0.207. The van der Waals surface area contributed by atoms with E-state index in [4.69, 9.17) is 5.73 Å². The van der Waals surface area contributed by atoms with Crippen LogP contribution in [0.5, 0.6) is 0 Å². The highest BCUT2D eigenvalue weighted by Crippen LogP contribution is 2.14. The number of benzene rings is 1. The molecular formula is C16H27N3O. The van der Waals surface area contributed by atoms with Crippen molar-refractivity contribution in [1.29, 1.82) is 0 Å². The van der Waals surface area contributed by atoms with Gasteiger partial charge in [-0.05, 0) is 37.1 Å². The largest absolute Gasteiger partial charge is 0.378 e. The predicted molar refractivity (Wildman–Crippen MR) is 84.8 cm³/mol. The Kier molecular flexibility index (Phi) is 7.09. The molecule has 0 bridgehead atoms. The molecule has 0 radical (unpaired) electrons. The van der Waals surface area contributed by atoms with Gasteiger partial charge < -0.3 is 15.5 Å². The Morgan fingerprint density at radius 2 is 1.70 bits per heavy atom. The zero-order valence-electron chi connectivity index (χ0n) is 12.9. The highest BCUT2D eigenvalue weighted by atomic mass is 16.2. The van der Waals surface area contributed by atoms with Crippen molar-refractivity contribution in [3.8, 4) is 0 Å². The van der Waals surface area contributed by atoms with E-state index in [2.05, 4.69) is 29.2 Å². The van der Waals surface area contributed by atoms with Gasteiger partial charge in [0.25, 0.3) is 0 Å². The molecule has 0 atom stereocenters. The number of carbonyl (C=O) groups is 1. The molecule has 20 heavy (non-hydrogen) atoms. The predicted octanol–water partition coefficient (Wildman–Crippen LogP) is 2.23. The number of hydrogen-bond acceptors (Lipinski definition) is 3. The fourth-order valence-corrected chi connectivity index (χ4v) is 2.05. The summed E-state index contributed by atoms with van der Waals surface area (Å²) in [6, 6.07) is 8.31. The highest BCUT2D eigenvalue weighted by molar-refractivity contribution is 5.75. The number of nitrogens with zero attached hydrogens (tertiary/aromatic N) is 2. The maximum Gasteiger partial charge on any atom is 0.222 e. The maximum absolute atomic E-state index is 12.0. The van der Waals surface area contributed by atoms with Gasteiger partial charge in [0, 0.05) is 39.8 Å². The molecule has 0 spiro atoms. The molecule has 0 aliphatic heterocycles. The molecule has 1 aromatic carbocycles. The van der Waals surface area contributed by atoms with Crippen LogP contribution in [0.1, 0.15) is 31.2 Å². The van der Waals surface area contributed by atoms with E-state index >= 15 is 0 Å². The quantitative estimate of drug-likeness (QED) is 0.741. The summed E-state index contributed by atoms with van der Waals surface area (Å²) >= 11 is 0. The third-order valence-electron chi connectivity index (χ3n) is 3.39. The first-order chi connectivity index (χ1) is 9.54. The van der Waals surface area contributed by atoms with Crippen molar-refractivity contribution in [2.75, 3.05) is 32.6 Å². The Balaban J connectivity index is 2.40. The minimum absolute atomic E-state index is 0.207. The number of amides is 1.